The number of rotatable bonds is 5. The van der Waals surface area contributed by atoms with Gasteiger partial charge in [0, 0.05) is 19.1 Å². The Balaban J connectivity index is 1.73. The van der Waals surface area contributed by atoms with E-state index in [0.717, 1.165) is 25.8 Å². The van der Waals surface area contributed by atoms with Crippen molar-refractivity contribution in [2.45, 2.75) is 51.0 Å². The first kappa shape index (κ1) is 16.1. The maximum Gasteiger partial charge on any atom is 0.314 e. The molecule has 1 saturated heterocycles. The third kappa shape index (κ3) is 4.09. The van der Waals surface area contributed by atoms with E-state index in [1.807, 2.05) is 0 Å². The molecule has 120 valence electrons. The Morgan fingerprint density at radius 1 is 1.19 bits per heavy atom. The molecule has 1 atom stereocenters. The Hall–Kier alpha value is -1.30. The van der Waals surface area contributed by atoms with Gasteiger partial charge in [0.2, 0.25) is 0 Å². The zero-order chi connectivity index (χ0) is 15.3. The van der Waals surface area contributed by atoms with Gasteiger partial charge in [0.05, 0.1) is 5.41 Å². The van der Waals surface area contributed by atoms with Crippen molar-refractivity contribution in [2.75, 3.05) is 26.7 Å². The van der Waals surface area contributed by atoms with Crippen LogP contribution in [0.5, 0.6) is 0 Å². The largest absolute Gasteiger partial charge is 0.481 e. The van der Waals surface area contributed by atoms with Gasteiger partial charge in [0.25, 0.3) is 0 Å². The molecule has 2 amide bonds. The molecule has 6 heteroatoms. The van der Waals surface area contributed by atoms with E-state index >= 15 is 0 Å². The van der Waals surface area contributed by atoms with E-state index in [-0.39, 0.29) is 12.6 Å². The van der Waals surface area contributed by atoms with Gasteiger partial charge < -0.3 is 20.6 Å². The molecule has 1 heterocycles. The number of likely N-dealkylation sites (tertiary alicyclic amines) is 1. The Kier molecular flexibility index (Phi) is 5.45. The summed E-state index contributed by atoms with van der Waals surface area (Å²) in [6, 6.07) is 0.144. The average molecular weight is 297 g/mol. The summed E-state index contributed by atoms with van der Waals surface area (Å²) >= 11 is 0. The Morgan fingerprint density at radius 3 is 2.52 bits per heavy atom. The highest BCUT2D eigenvalue weighted by molar-refractivity contribution is 5.78. The summed E-state index contributed by atoms with van der Waals surface area (Å²) < 4.78 is 0. The van der Waals surface area contributed by atoms with Crippen LogP contribution in [0.15, 0.2) is 0 Å². The van der Waals surface area contributed by atoms with Gasteiger partial charge in [0.15, 0.2) is 0 Å². The zero-order valence-corrected chi connectivity index (χ0v) is 12.9. The molecule has 0 radical (unpaired) electrons. The predicted molar refractivity (Wildman–Crippen MR) is 80.2 cm³/mol. The molecule has 2 rings (SSSR count). The first-order chi connectivity index (χ1) is 10.0. The highest BCUT2D eigenvalue weighted by atomic mass is 16.4. The molecule has 0 aromatic heterocycles. The second kappa shape index (κ2) is 7.11. The molecular formula is C15H27N3O3. The lowest BCUT2D eigenvalue weighted by atomic mass is 9.86. The third-order valence-corrected chi connectivity index (χ3v) is 5.02. The van der Waals surface area contributed by atoms with Crippen molar-refractivity contribution in [3.8, 4) is 0 Å². The summed E-state index contributed by atoms with van der Waals surface area (Å²) in [6.07, 6.45) is 6.73. The maximum absolute atomic E-state index is 11.9. The number of amides is 2. The van der Waals surface area contributed by atoms with E-state index in [1.165, 1.54) is 12.8 Å². The molecule has 0 aromatic carbocycles. The molecule has 3 N–H and O–H groups in total. The van der Waals surface area contributed by atoms with Crippen molar-refractivity contribution < 1.29 is 14.7 Å². The van der Waals surface area contributed by atoms with Crippen LogP contribution in [0, 0.1) is 5.41 Å². The van der Waals surface area contributed by atoms with Crippen molar-refractivity contribution in [3.63, 3.8) is 0 Å². The van der Waals surface area contributed by atoms with Gasteiger partial charge in [-0.15, -0.1) is 0 Å². The number of aliphatic carboxylic acids is 1. The number of piperidine rings is 1. The summed E-state index contributed by atoms with van der Waals surface area (Å²) in [5.74, 6) is -0.785. The fourth-order valence-corrected chi connectivity index (χ4v) is 3.44. The molecule has 0 spiro atoms. The number of nitrogens with zero attached hydrogens (tertiary/aromatic N) is 1. The van der Waals surface area contributed by atoms with E-state index in [0.29, 0.717) is 25.4 Å². The number of hydrogen-bond donors (Lipinski definition) is 3. The van der Waals surface area contributed by atoms with Crippen molar-refractivity contribution >= 4 is 12.0 Å². The SMILES string of the molecule is CN1CCCCC1CNC(=O)NCC1(C(=O)O)CCCC1. The van der Waals surface area contributed by atoms with Crippen molar-refractivity contribution in [2.24, 2.45) is 5.41 Å². The minimum absolute atomic E-state index is 0.231. The summed E-state index contributed by atoms with van der Waals surface area (Å²) in [6.45, 7) is 1.94. The molecule has 21 heavy (non-hydrogen) atoms. The van der Waals surface area contributed by atoms with E-state index in [9.17, 15) is 14.7 Å². The molecule has 2 fully saturated rings. The number of hydrogen-bond acceptors (Lipinski definition) is 3. The van der Waals surface area contributed by atoms with Crippen LogP contribution in [0.3, 0.4) is 0 Å². The Morgan fingerprint density at radius 2 is 1.90 bits per heavy atom. The fourth-order valence-electron chi connectivity index (χ4n) is 3.44. The number of carbonyl (C=O) groups is 2. The highest BCUT2D eigenvalue weighted by Crippen LogP contribution is 2.37. The number of likely N-dealkylation sites (N-methyl/N-ethyl adjacent to an activating group) is 1. The van der Waals surface area contributed by atoms with Crippen LogP contribution in [-0.4, -0.2) is 54.7 Å². The van der Waals surface area contributed by atoms with Crippen LogP contribution in [-0.2, 0) is 4.79 Å². The normalized spacial score (nSPS) is 25.5. The van der Waals surface area contributed by atoms with Crippen LogP contribution in [0.1, 0.15) is 44.9 Å². The fraction of sp³-hybridized carbons (Fsp3) is 0.867. The maximum atomic E-state index is 11.9. The number of carboxylic acids is 1. The van der Waals surface area contributed by atoms with Gasteiger partial charge in [-0.3, -0.25) is 4.79 Å². The van der Waals surface area contributed by atoms with E-state index in [1.54, 1.807) is 0 Å². The van der Waals surface area contributed by atoms with Crippen LogP contribution in [0.2, 0.25) is 0 Å². The third-order valence-electron chi connectivity index (χ3n) is 5.02. The minimum atomic E-state index is -0.785. The molecule has 1 aliphatic heterocycles. The highest BCUT2D eigenvalue weighted by Gasteiger charge is 2.41. The quantitative estimate of drug-likeness (QED) is 0.717. The molecule has 1 aliphatic carbocycles. The second-order valence-electron chi connectivity index (χ2n) is 6.49. The Labute approximate surface area is 126 Å². The number of carbonyl (C=O) groups excluding carboxylic acids is 1. The lowest BCUT2D eigenvalue weighted by molar-refractivity contribution is -0.148. The van der Waals surface area contributed by atoms with Crippen LogP contribution >= 0.6 is 0 Å². The molecule has 1 unspecified atom stereocenters. The van der Waals surface area contributed by atoms with Gasteiger partial charge in [-0.1, -0.05) is 19.3 Å². The standard InChI is InChI=1S/C15H27N3O3/c1-18-9-5-2-6-12(18)10-16-14(21)17-11-15(13(19)20)7-3-4-8-15/h12H,2-11H2,1H3,(H,19,20)(H2,16,17,21). The summed E-state index contributed by atoms with van der Waals surface area (Å²) in [5.41, 5.74) is -0.751. The van der Waals surface area contributed by atoms with E-state index < -0.39 is 11.4 Å². The van der Waals surface area contributed by atoms with E-state index in [2.05, 4.69) is 22.6 Å². The van der Waals surface area contributed by atoms with Gasteiger partial charge in [-0.2, -0.15) is 0 Å². The minimum Gasteiger partial charge on any atom is -0.481 e. The van der Waals surface area contributed by atoms with E-state index in [4.69, 9.17) is 0 Å². The monoisotopic (exact) mass is 297 g/mol. The van der Waals surface area contributed by atoms with Crippen molar-refractivity contribution in [1.29, 1.82) is 0 Å². The molecular weight excluding hydrogens is 270 g/mol. The summed E-state index contributed by atoms with van der Waals surface area (Å²) in [7, 11) is 2.08. The second-order valence-corrected chi connectivity index (χ2v) is 6.49. The van der Waals surface area contributed by atoms with Crippen molar-refractivity contribution in [3.05, 3.63) is 0 Å². The van der Waals surface area contributed by atoms with Gasteiger partial charge in [-0.05, 0) is 39.3 Å². The Bertz CT molecular complexity index is 380. The lowest BCUT2D eigenvalue weighted by Crippen LogP contribution is -2.49. The number of urea groups is 1. The molecule has 6 nitrogen and oxygen atoms in total. The molecule has 1 saturated carbocycles. The van der Waals surface area contributed by atoms with Crippen LogP contribution in [0.4, 0.5) is 4.79 Å². The topological polar surface area (TPSA) is 81.7 Å². The molecule has 0 bridgehead atoms. The predicted octanol–water partition coefficient (Wildman–Crippen LogP) is 1.41. The summed E-state index contributed by atoms with van der Waals surface area (Å²) in [5, 5.41) is 15.0. The van der Waals surface area contributed by atoms with Crippen LogP contribution < -0.4 is 10.6 Å². The first-order valence-electron chi connectivity index (χ1n) is 7.99. The average Bonchev–Trinajstić information content (AvgIpc) is 2.94. The number of nitrogens with one attached hydrogen (secondary N) is 2. The van der Waals surface area contributed by atoms with Crippen LogP contribution in [0.25, 0.3) is 0 Å². The smallest absolute Gasteiger partial charge is 0.314 e. The van der Waals surface area contributed by atoms with Gasteiger partial charge in [-0.25, -0.2) is 4.79 Å². The summed E-state index contributed by atoms with van der Waals surface area (Å²) in [4.78, 5) is 25.6. The number of carboxylic acid groups (broad SMARTS) is 1. The molecule has 2 aliphatic rings. The lowest BCUT2D eigenvalue weighted by Gasteiger charge is -2.32. The van der Waals surface area contributed by atoms with Crippen molar-refractivity contribution in [1.82, 2.24) is 15.5 Å². The molecule has 0 aromatic rings. The first-order valence-corrected chi connectivity index (χ1v) is 7.99. The van der Waals surface area contributed by atoms with Gasteiger partial charge >= 0.3 is 12.0 Å². The zero-order valence-electron chi connectivity index (χ0n) is 12.9. The van der Waals surface area contributed by atoms with Gasteiger partial charge in [0.1, 0.15) is 0 Å².